The maximum Gasteiger partial charge on any atom is 0.102 e. The van der Waals surface area contributed by atoms with Gasteiger partial charge in [0.05, 0.1) is 6.54 Å². The fourth-order valence-electron chi connectivity index (χ4n) is 2.39. The number of fused-ring (bicyclic) bond motifs is 1. The van der Waals surface area contributed by atoms with Crippen molar-refractivity contribution in [2.75, 3.05) is 6.54 Å². The predicted molar refractivity (Wildman–Crippen MR) is 79.4 cm³/mol. The van der Waals surface area contributed by atoms with Gasteiger partial charge in [-0.05, 0) is 29.6 Å². The molecule has 5 heteroatoms. The summed E-state index contributed by atoms with van der Waals surface area (Å²) in [6.07, 6.45) is 4.06. The first-order valence-corrected chi connectivity index (χ1v) is 6.90. The lowest BCUT2D eigenvalue weighted by Crippen LogP contribution is -2.11. The smallest absolute Gasteiger partial charge is 0.102 e. The van der Waals surface area contributed by atoms with Crippen LogP contribution in [0.2, 0.25) is 0 Å². The van der Waals surface area contributed by atoms with Gasteiger partial charge in [-0.15, -0.1) is 5.10 Å². The Bertz CT molecular complexity index is 710. The third-order valence-corrected chi connectivity index (χ3v) is 3.40. The summed E-state index contributed by atoms with van der Waals surface area (Å²) < 4.78 is 3.95. The molecular weight excluding hydrogens is 250 g/mol. The Hall–Kier alpha value is -2.14. The van der Waals surface area contributed by atoms with E-state index < -0.39 is 0 Å². The lowest BCUT2D eigenvalue weighted by molar-refractivity contribution is 0.710. The quantitative estimate of drug-likeness (QED) is 0.770. The van der Waals surface area contributed by atoms with Crippen molar-refractivity contribution < 1.29 is 0 Å². The Kier molecular flexibility index (Phi) is 3.52. The molecule has 104 valence electrons. The molecule has 5 nitrogen and oxygen atoms in total. The zero-order valence-corrected chi connectivity index (χ0v) is 11.9. The number of benzene rings is 1. The van der Waals surface area contributed by atoms with E-state index in [9.17, 15) is 0 Å². The molecule has 0 amide bonds. The van der Waals surface area contributed by atoms with Crippen molar-refractivity contribution in [3.05, 3.63) is 47.9 Å². The highest BCUT2D eigenvalue weighted by Crippen LogP contribution is 2.18. The van der Waals surface area contributed by atoms with Crippen molar-refractivity contribution in [1.29, 1.82) is 0 Å². The molecule has 20 heavy (non-hydrogen) atoms. The largest absolute Gasteiger partial charge is 0.341 e. The Balaban J connectivity index is 1.90. The number of nitrogens with one attached hydrogen (secondary N) is 1. The average Bonchev–Trinajstić information content (AvgIpc) is 3.04. The Morgan fingerprint density at radius 2 is 2.15 bits per heavy atom. The molecule has 2 heterocycles. The topological polar surface area (TPSA) is 47.7 Å². The zero-order valence-electron chi connectivity index (χ0n) is 11.9. The van der Waals surface area contributed by atoms with Crippen molar-refractivity contribution in [1.82, 2.24) is 24.9 Å². The highest BCUT2D eigenvalue weighted by molar-refractivity contribution is 5.80. The van der Waals surface area contributed by atoms with Gasteiger partial charge in [-0.3, -0.25) is 4.68 Å². The minimum Gasteiger partial charge on any atom is -0.341 e. The van der Waals surface area contributed by atoms with Crippen LogP contribution in [0.4, 0.5) is 0 Å². The van der Waals surface area contributed by atoms with Crippen LogP contribution in [-0.2, 0) is 20.1 Å². The van der Waals surface area contributed by atoms with Gasteiger partial charge < -0.3 is 9.88 Å². The second kappa shape index (κ2) is 5.46. The van der Waals surface area contributed by atoms with Crippen LogP contribution >= 0.6 is 0 Å². The van der Waals surface area contributed by atoms with E-state index in [1.165, 1.54) is 16.5 Å². The van der Waals surface area contributed by atoms with Crippen LogP contribution in [-0.4, -0.2) is 26.1 Å². The molecule has 0 unspecified atom stereocenters. The van der Waals surface area contributed by atoms with E-state index in [4.69, 9.17) is 0 Å². The standard InChI is InChI=1S/C15H19N5/c1-3-16-9-12-4-5-13-6-7-20(15(13)8-12)11-14-10-19(2)18-17-14/h4-8,10,16H,3,9,11H2,1-2H3. The molecule has 1 N–H and O–H groups in total. The molecule has 0 saturated heterocycles. The molecule has 0 spiro atoms. The van der Waals surface area contributed by atoms with Gasteiger partial charge in [-0.1, -0.05) is 24.3 Å². The molecule has 0 aliphatic heterocycles. The number of aromatic nitrogens is 4. The average molecular weight is 269 g/mol. The fourth-order valence-corrected chi connectivity index (χ4v) is 2.39. The number of nitrogens with zero attached hydrogens (tertiary/aromatic N) is 4. The van der Waals surface area contributed by atoms with Crippen molar-refractivity contribution in [3.63, 3.8) is 0 Å². The van der Waals surface area contributed by atoms with E-state index in [0.717, 1.165) is 25.3 Å². The minimum atomic E-state index is 0.752. The van der Waals surface area contributed by atoms with Crippen molar-refractivity contribution >= 4 is 10.9 Å². The van der Waals surface area contributed by atoms with Crippen LogP contribution < -0.4 is 5.32 Å². The highest BCUT2D eigenvalue weighted by Gasteiger charge is 2.05. The SMILES string of the molecule is CCNCc1ccc2ccn(Cc3cn(C)nn3)c2c1. The zero-order chi connectivity index (χ0) is 13.9. The van der Waals surface area contributed by atoms with Crippen molar-refractivity contribution in [2.45, 2.75) is 20.0 Å². The summed E-state index contributed by atoms with van der Waals surface area (Å²) in [5.74, 6) is 0. The van der Waals surface area contributed by atoms with Gasteiger partial charge in [0, 0.05) is 31.5 Å². The number of rotatable bonds is 5. The van der Waals surface area contributed by atoms with Gasteiger partial charge in [0.1, 0.15) is 5.69 Å². The number of aryl methyl sites for hydroxylation is 1. The predicted octanol–water partition coefficient (Wildman–Crippen LogP) is 1.93. The monoisotopic (exact) mass is 269 g/mol. The third-order valence-electron chi connectivity index (χ3n) is 3.40. The molecule has 1 aromatic carbocycles. The highest BCUT2D eigenvalue weighted by atomic mass is 15.4. The summed E-state index contributed by atoms with van der Waals surface area (Å²) in [7, 11) is 1.89. The van der Waals surface area contributed by atoms with E-state index in [0.29, 0.717) is 0 Å². The molecule has 0 bridgehead atoms. The first-order chi connectivity index (χ1) is 9.76. The summed E-state index contributed by atoms with van der Waals surface area (Å²) in [6, 6.07) is 8.74. The fraction of sp³-hybridized carbons (Fsp3) is 0.333. The van der Waals surface area contributed by atoms with Crippen LogP contribution in [0.15, 0.2) is 36.7 Å². The summed E-state index contributed by atoms with van der Waals surface area (Å²) in [4.78, 5) is 0. The second-order valence-corrected chi connectivity index (χ2v) is 5.00. The van der Waals surface area contributed by atoms with Gasteiger partial charge in [-0.25, -0.2) is 0 Å². The molecule has 0 atom stereocenters. The maximum atomic E-state index is 4.15. The van der Waals surface area contributed by atoms with E-state index in [-0.39, 0.29) is 0 Å². The van der Waals surface area contributed by atoms with Gasteiger partial charge >= 0.3 is 0 Å². The van der Waals surface area contributed by atoms with E-state index in [1.807, 2.05) is 13.2 Å². The first-order valence-electron chi connectivity index (χ1n) is 6.90. The molecule has 0 radical (unpaired) electrons. The van der Waals surface area contributed by atoms with Crippen molar-refractivity contribution in [2.24, 2.45) is 7.05 Å². The van der Waals surface area contributed by atoms with Crippen molar-refractivity contribution in [3.8, 4) is 0 Å². The summed E-state index contributed by atoms with van der Waals surface area (Å²) in [6.45, 7) is 4.76. The Morgan fingerprint density at radius 1 is 1.25 bits per heavy atom. The Labute approximate surface area is 118 Å². The molecule has 3 rings (SSSR count). The van der Waals surface area contributed by atoms with Crippen LogP contribution in [0, 0.1) is 0 Å². The number of hydrogen-bond acceptors (Lipinski definition) is 3. The maximum absolute atomic E-state index is 4.15. The molecule has 0 saturated carbocycles. The van der Waals surface area contributed by atoms with E-state index in [1.54, 1.807) is 4.68 Å². The second-order valence-electron chi connectivity index (χ2n) is 5.00. The van der Waals surface area contributed by atoms with Crippen LogP contribution in [0.5, 0.6) is 0 Å². The van der Waals surface area contributed by atoms with Crippen LogP contribution in [0.25, 0.3) is 10.9 Å². The number of hydrogen-bond donors (Lipinski definition) is 1. The van der Waals surface area contributed by atoms with Gasteiger partial charge in [0.2, 0.25) is 0 Å². The molecular formula is C15H19N5. The summed E-state index contributed by atoms with van der Waals surface area (Å²) in [5, 5.41) is 12.7. The first kappa shape index (κ1) is 12.9. The molecule has 0 fully saturated rings. The third kappa shape index (κ3) is 2.58. The van der Waals surface area contributed by atoms with Crippen LogP contribution in [0.1, 0.15) is 18.2 Å². The lowest BCUT2D eigenvalue weighted by atomic mass is 10.1. The minimum absolute atomic E-state index is 0.752. The van der Waals surface area contributed by atoms with Crippen LogP contribution in [0.3, 0.4) is 0 Å². The van der Waals surface area contributed by atoms with Gasteiger partial charge in [-0.2, -0.15) is 0 Å². The van der Waals surface area contributed by atoms with Gasteiger partial charge in [0.15, 0.2) is 0 Å². The summed E-state index contributed by atoms with van der Waals surface area (Å²) >= 11 is 0. The Morgan fingerprint density at radius 3 is 2.90 bits per heavy atom. The van der Waals surface area contributed by atoms with Gasteiger partial charge in [0.25, 0.3) is 0 Å². The molecule has 3 aromatic rings. The summed E-state index contributed by atoms with van der Waals surface area (Å²) in [5.41, 5.74) is 3.52. The normalized spacial score (nSPS) is 11.3. The molecule has 0 aliphatic carbocycles. The molecule has 0 aliphatic rings. The van der Waals surface area contributed by atoms with E-state index >= 15 is 0 Å². The van der Waals surface area contributed by atoms with E-state index in [2.05, 4.69) is 57.6 Å². The lowest BCUT2D eigenvalue weighted by Gasteiger charge is -2.06. The molecule has 2 aromatic heterocycles.